The van der Waals surface area contributed by atoms with Crippen LogP contribution >= 0.6 is 0 Å². The first-order valence-electron chi connectivity index (χ1n) is 13.6. The van der Waals surface area contributed by atoms with E-state index in [2.05, 4.69) is 12.2 Å². The Balaban J connectivity index is 2.97. The molecule has 0 fully saturated rings. The lowest BCUT2D eigenvalue weighted by Crippen LogP contribution is -2.11. The maximum atomic E-state index is 10.1. The van der Waals surface area contributed by atoms with Crippen LogP contribution in [0.15, 0.2) is 0 Å². The molecule has 2 nitrogen and oxygen atoms in total. The molecular weight excluding hydrogens is 354 g/mol. The molecule has 0 aliphatic heterocycles. The van der Waals surface area contributed by atoms with E-state index < -0.39 is 0 Å². The third kappa shape index (κ3) is 27.5. The molecule has 174 valence electrons. The van der Waals surface area contributed by atoms with Crippen molar-refractivity contribution in [1.82, 2.24) is 5.32 Å². The lowest BCUT2D eigenvalue weighted by molar-refractivity contribution is -0.109. The van der Waals surface area contributed by atoms with E-state index >= 15 is 0 Å². The van der Waals surface area contributed by atoms with Gasteiger partial charge in [0.2, 0.25) is 6.41 Å². The summed E-state index contributed by atoms with van der Waals surface area (Å²) in [5.41, 5.74) is 0. The molecule has 0 radical (unpaired) electrons. The first-order valence-corrected chi connectivity index (χ1v) is 13.6. The topological polar surface area (TPSA) is 29.1 Å². The molecule has 0 aromatic rings. The highest BCUT2D eigenvalue weighted by Crippen LogP contribution is 2.15. The lowest BCUT2D eigenvalue weighted by atomic mass is 10.0. The van der Waals surface area contributed by atoms with Crippen LogP contribution in [0.25, 0.3) is 0 Å². The summed E-state index contributed by atoms with van der Waals surface area (Å²) in [4.78, 5) is 10.1. The van der Waals surface area contributed by atoms with Gasteiger partial charge in [-0.2, -0.15) is 0 Å². The molecule has 0 spiro atoms. The van der Waals surface area contributed by atoms with Crippen LogP contribution < -0.4 is 5.32 Å². The largest absolute Gasteiger partial charge is 0.359 e. The Kier molecular flexibility index (Phi) is 27.0. The van der Waals surface area contributed by atoms with Gasteiger partial charge in [0.05, 0.1) is 0 Å². The predicted molar refractivity (Wildman–Crippen MR) is 131 cm³/mol. The molecule has 0 aliphatic carbocycles. The van der Waals surface area contributed by atoms with Gasteiger partial charge in [0, 0.05) is 6.54 Å². The fourth-order valence-corrected chi connectivity index (χ4v) is 4.25. The number of unbranched alkanes of at least 4 members (excludes halogenated alkanes) is 23. The summed E-state index contributed by atoms with van der Waals surface area (Å²) in [5, 5.41) is 2.73. The Hall–Kier alpha value is -0.530. The van der Waals surface area contributed by atoms with Gasteiger partial charge in [-0.25, -0.2) is 0 Å². The second-order valence-electron chi connectivity index (χ2n) is 9.20. The predicted octanol–water partition coefficient (Wildman–Crippen LogP) is 9.11. The van der Waals surface area contributed by atoms with Crippen molar-refractivity contribution in [3.05, 3.63) is 0 Å². The van der Waals surface area contributed by atoms with Gasteiger partial charge in [0.25, 0.3) is 0 Å². The molecule has 2 heteroatoms. The molecule has 0 heterocycles. The summed E-state index contributed by atoms with van der Waals surface area (Å²) in [6, 6.07) is 0. The molecular formula is C27H55NO. The number of carbonyl (C=O) groups excluding carboxylic acids is 1. The smallest absolute Gasteiger partial charge is 0.207 e. The number of carbonyl (C=O) groups is 1. The van der Waals surface area contributed by atoms with Gasteiger partial charge in [-0.15, -0.1) is 0 Å². The van der Waals surface area contributed by atoms with Crippen molar-refractivity contribution < 1.29 is 4.79 Å². The average Bonchev–Trinajstić information content (AvgIpc) is 2.74. The van der Waals surface area contributed by atoms with E-state index in [0.29, 0.717) is 0 Å². The van der Waals surface area contributed by atoms with Crippen molar-refractivity contribution in [1.29, 1.82) is 0 Å². The van der Waals surface area contributed by atoms with Crippen molar-refractivity contribution in [2.24, 2.45) is 0 Å². The van der Waals surface area contributed by atoms with Crippen LogP contribution in [-0.4, -0.2) is 13.0 Å². The monoisotopic (exact) mass is 409 g/mol. The Morgan fingerprint density at radius 3 is 0.897 bits per heavy atom. The van der Waals surface area contributed by atoms with Crippen LogP contribution in [0.3, 0.4) is 0 Å². The molecule has 0 rings (SSSR count). The van der Waals surface area contributed by atoms with Crippen LogP contribution in [0, 0.1) is 0 Å². The maximum Gasteiger partial charge on any atom is 0.207 e. The summed E-state index contributed by atoms with van der Waals surface area (Å²) in [7, 11) is 0. The van der Waals surface area contributed by atoms with Crippen molar-refractivity contribution in [3.8, 4) is 0 Å². The van der Waals surface area contributed by atoms with Crippen molar-refractivity contribution >= 4 is 6.41 Å². The minimum Gasteiger partial charge on any atom is -0.359 e. The molecule has 1 amide bonds. The van der Waals surface area contributed by atoms with Crippen LogP contribution in [-0.2, 0) is 4.79 Å². The van der Waals surface area contributed by atoms with Crippen LogP contribution in [0.2, 0.25) is 0 Å². The molecule has 0 aromatic carbocycles. The second kappa shape index (κ2) is 27.5. The van der Waals surface area contributed by atoms with Crippen LogP contribution in [0.1, 0.15) is 161 Å². The fourth-order valence-electron chi connectivity index (χ4n) is 4.25. The zero-order chi connectivity index (χ0) is 21.1. The van der Waals surface area contributed by atoms with E-state index in [-0.39, 0.29) is 0 Å². The Bertz CT molecular complexity index is 292. The van der Waals surface area contributed by atoms with Gasteiger partial charge in [-0.1, -0.05) is 155 Å². The van der Waals surface area contributed by atoms with Gasteiger partial charge in [0.15, 0.2) is 0 Å². The third-order valence-corrected chi connectivity index (χ3v) is 6.26. The fraction of sp³-hybridized carbons (Fsp3) is 0.963. The van der Waals surface area contributed by atoms with Gasteiger partial charge in [-0.05, 0) is 6.42 Å². The number of nitrogens with one attached hydrogen (secondary N) is 1. The highest BCUT2D eigenvalue weighted by atomic mass is 16.1. The molecule has 0 bridgehead atoms. The minimum atomic E-state index is 0.804. The highest BCUT2D eigenvalue weighted by molar-refractivity contribution is 5.45. The first kappa shape index (κ1) is 28.5. The van der Waals surface area contributed by atoms with Crippen LogP contribution in [0.5, 0.6) is 0 Å². The second-order valence-corrected chi connectivity index (χ2v) is 9.20. The molecule has 0 atom stereocenters. The van der Waals surface area contributed by atoms with Crippen molar-refractivity contribution in [2.45, 2.75) is 161 Å². The highest BCUT2D eigenvalue weighted by Gasteiger charge is 1.96. The van der Waals surface area contributed by atoms with E-state index in [1.165, 1.54) is 148 Å². The van der Waals surface area contributed by atoms with E-state index in [1.54, 1.807) is 0 Å². The Labute approximate surface area is 184 Å². The number of hydrogen-bond acceptors (Lipinski definition) is 1. The standard InChI is InChI=1S/C27H55NO/c1-2-3-4-5-6-7-8-9-10-11-12-13-14-15-16-17-18-19-20-21-22-23-24-25-26-28-27-29/h27H,2-26H2,1H3,(H,28,29). The van der Waals surface area contributed by atoms with Gasteiger partial charge >= 0.3 is 0 Å². The molecule has 29 heavy (non-hydrogen) atoms. The average molecular weight is 410 g/mol. The number of amides is 1. The summed E-state index contributed by atoms with van der Waals surface area (Å²) in [6.45, 7) is 3.15. The first-order chi connectivity index (χ1) is 14.4. The quantitative estimate of drug-likeness (QED) is 0.112. The Morgan fingerprint density at radius 1 is 0.414 bits per heavy atom. The summed E-state index contributed by atoms with van der Waals surface area (Å²) >= 11 is 0. The Morgan fingerprint density at radius 2 is 0.655 bits per heavy atom. The molecule has 0 aliphatic rings. The van der Waals surface area contributed by atoms with Gasteiger partial charge in [-0.3, -0.25) is 4.79 Å². The van der Waals surface area contributed by atoms with Crippen LogP contribution in [0.4, 0.5) is 0 Å². The van der Waals surface area contributed by atoms with Gasteiger partial charge < -0.3 is 5.32 Å². The van der Waals surface area contributed by atoms with E-state index in [9.17, 15) is 4.79 Å². The summed E-state index contributed by atoms with van der Waals surface area (Å²) in [5.74, 6) is 0. The van der Waals surface area contributed by atoms with Crippen molar-refractivity contribution in [3.63, 3.8) is 0 Å². The third-order valence-electron chi connectivity index (χ3n) is 6.26. The zero-order valence-electron chi connectivity index (χ0n) is 20.2. The van der Waals surface area contributed by atoms with Gasteiger partial charge in [0.1, 0.15) is 0 Å². The molecule has 1 N–H and O–H groups in total. The van der Waals surface area contributed by atoms with E-state index in [0.717, 1.165) is 19.4 Å². The SMILES string of the molecule is CCCCCCCCCCCCCCCCCCCCCCCCCCNC=O. The van der Waals surface area contributed by atoms with E-state index in [1.807, 2.05) is 0 Å². The molecule has 0 aromatic heterocycles. The zero-order valence-corrected chi connectivity index (χ0v) is 20.2. The maximum absolute atomic E-state index is 10.1. The lowest BCUT2D eigenvalue weighted by Gasteiger charge is -2.04. The molecule has 0 saturated heterocycles. The normalized spacial score (nSPS) is 11.1. The minimum absolute atomic E-state index is 0.804. The number of hydrogen-bond donors (Lipinski definition) is 1. The summed E-state index contributed by atoms with van der Waals surface area (Å²) in [6.07, 6.45) is 35.0. The summed E-state index contributed by atoms with van der Waals surface area (Å²) < 4.78 is 0. The molecule has 0 saturated carbocycles. The number of rotatable bonds is 26. The van der Waals surface area contributed by atoms with E-state index in [4.69, 9.17) is 0 Å². The molecule has 0 unspecified atom stereocenters. The van der Waals surface area contributed by atoms with Crippen molar-refractivity contribution in [2.75, 3.05) is 6.54 Å².